The molecule has 1 aliphatic rings. The van der Waals surface area contributed by atoms with Gasteiger partial charge in [0.05, 0.1) is 0 Å². The number of phenolic OH excluding ortho intramolecular Hbond substituents is 1. The van der Waals surface area contributed by atoms with E-state index < -0.39 is 0 Å². The molecular weight excluding hydrogens is 418 g/mol. The minimum Gasteiger partial charge on any atom is -0.506 e. The van der Waals surface area contributed by atoms with Gasteiger partial charge in [0.15, 0.2) is 5.71 Å². The number of hydrogen-bond donors (Lipinski definition) is 1. The summed E-state index contributed by atoms with van der Waals surface area (Å²) in [6.07, 6.45) is 10.5. The SMILES string of the molecule is CCN(CC)c1ccc(C(=C2C=CC(=[N+](CC)CC)C=C2)c2ccc(O)c3ncccc23)cc1. The molecule has 0 saturated carbocycles. The molecule has 0 spiro atoms. The van der Waals surface area contributed by atoms with E-state index in [2.05, 4.69) is 90.7 Å². The molecule has 4 rings (SSSR count). The molecule has 3 aromatic rings. The molecule has 1 aromatic heterocycles. The number of pyridine rings is 1. The van der Waals surface area contributed by atoms with E-state index in [0.717, 1.165) is 53.8 Å². The van der Waals surface area contributed by atoms with E-state index in [-0.39, 0.29) is 5.75 Å². The molecule has 34 heavy (non-hydrogen) atoms. The summed E-state index contributed by atoms with van der Waals surface area (Å²) in [5, 5.41) is 11.4. The molecule has 0 amide bonds. The summed E-state index contributed by atoms with van der Waals surface area (Å²) in [5.41, 5.74) is 7.55. The van der Waals surface area contributed by atoms with E-state index in [1.54, 1.807) is 12.3 Å². The molecule has 1 aliphatic carbocycles. The second kappa shape index (κ2) is 10.5. The highest BCUT2D eigenvalue weighted by Crippen LogP contribution is 2.37. The predicted octanol–water partition coefficient (Wildman–Crippen LogP) is 6.21. The van der Waals surface area contributed by atoms with Crippen LogP contribution in [0.1, 0.15) is 38.8 Å². The van der Waals surface area contributed by atoms with Gasteiger partial charge in [-0.25, -0.2) is 4.58 Å². The normalized spacial score (nSPS) is 12.9. The summed E-state index contributed by atoms with van der Waals surface area (Å²) < 4.78 is 2.35. The van der Waals surface area contributed by atoms with Crippen molar-refractivity contribution in [2.75, 3.05) is 31.1 Å². The monoisotopic (exact) mass is 452 g/mol. The van der Waals surface area contributed by atoms with Crippen LogP contribution in [0.4, 0.5) is 5.69 Å². The van der Waals surface area contributed by atoms with Gasteiger partial charge in [0.1, 0.15) is 24.4 Å². The zero-order valence-corrected chi connectivity index (χ0v) is 20.6. The fourth-order valence-electron chi connectivity index (χ4n) is 4.71. The molecule has 1 heterocycles. The zero-order valence-electron chi connectivity index (χ0n) is 20.6. The lowest BCUT2D eigenvalue weighted by Gasteiger charge is -2.22. The van der Waals surface area contributed by atoms with Crippen LogP contribution in [-0.2, 0) is 0 Å². The molecule has 0 bridgehead atoms. The van der Waals surface area contributed by atoms with Gasteiger partial charge in [-0.2, -0.15) is 0 Å². The number of anilines is 1. The Balaban J connectivity index is 1.92. The first-order chi connectivity index (χ1) is 16.6. The number of phenols is 1. The van der Waals surface area contributed by atoms with Crippen LogP contribution in [0.25, 0.3) is 16.5 Å². The highest BCUT2D eigenvalue weighted by molar-refractivity contribution is 6.06. The minimum absolute atomic E-state index is 0.201. The maximum Gasteiger partial charge on any atom is 0.199 e. The van der Waals surface area contributed by atoms with E-state index in [0.29, 0.717) is 5.52 Å². The Hall–Kier alpha value is -3.66. The standard InChI is InChI=1S/C30H33N3O/c1-5-32(6-2)24-15-11-22(12-16-24)29(23-13-17-25(18-14-23)33(7-3)8-4)26-19-20-28(34)30-27(26)10-9-21-31-30/h9-21H,5-8H2,1-4H3/p+1. The van der Waals surface area contributed by atoms with E-state index >= 15 is 0 Å². The average molecular weight is 453 g/mol. The number of benzene rings is 2. The molecular formula is C30H34N3O+. The van der Waals surface area contributed by atoms with E-state index in [1.807, 2.05) is 18.2 Å². The van der Waals surface area contributed by atoms with Gasteiger partial charge in [0.25, 0.3) is 0 Å². The highest BCUT2D eigenvalue weighted by atomic mass is 16.3. The van der Waals surface area contributed by atoms with E-state index in [4.69, 9.17) is 0 Å². The molecule has 0 unspecified atom stereocenters. The Kier molecular flexibility index (Phi) is 7.27. The number of nitrogens with zero attached hydrogens (tertiary/aromatic N) is 3. The third-order valence-corrected chi connectivity index (χ3v) is 6.59. The second-order valence-electron chi connectivity index (χ2n) is 8.35. The summed E-state index contributed by atoms with van der Waals surface area (Å²) in [5.74, 6) is 0.201. The van der Waals surface area contributed by atoms with Gasteiger partial charge < -0.3 is 10.0 Å². The van der Waals surface area contributed by atoms with Gasteiger partial charge in [0.2, 0.25) is 0 Å². The van der Waals surface area contributed by atoms with Crippen molar-refractivity contribution in [3.8, 4) is 5.75 Å². The number of rotatable bonds is 7. The Morgan fingerprint density at radius 3 is 2.15 bits per heavy atom. The van der Waals surface area contributed by atoms with Crippen LogP contribution in [-0.4, -0.2) is 46.6 Å². The van der Waals surface area contributed by atoms with Crippen molar-refractivity contribution >= 4 is 27.9 Å². The van der Waals surface area contributed by atoms with Crippen molar-refractivity contribution in [2.45, 2.75) is 27.7 Å². The summed E-state index contributed by atoms with van der Waals surface area (Å²) in [6.45, 7) is 12.6. The number of hydrogen-bond acceptors (Lipinski definition) is 3. The fourth-order valence-corrected chi connectivity index (χ4v) is 4.71. The van der Waals surface area contributed by atoms with Crippen LogP contribution in [0.5, 0.6) is 5.75 Å². The van der Waals surface area contributed by atoms with Crippen molar-refractivity contribution in [2.24, 2.45) is 0 Å². The van der Waals surface area contributed by atoms with E-state index in [9.17, 15) is 5.11 Å². The van der Waals surface area contributed by atoms with Gasteiger partial charge in [-0.15, -0.1) is 0 Å². The molecule has 0 atom stereocenters. The quantitative estimate of drug-likeness (QED) is 0.433. The summed E-state index contributed by atoms with van der Waals surface area (Å²) in [7, 11) is 0. The Morgan fingerprint density at radius 2 is 1.53 bits per heavy atom. The second-order valence-corrected chi connectivity index (χ2v) is 8.35. The van der Waals surface area contributed by atoms with Crippen LogP contribution in [0, 0.1) is 0 Å². The van der Waals surface area contributed by atoms with Crippen LogP contribution in [0.15, 0.2) is 84.6 Å². The van der Waals surface area contributed by atoms with E-state index in [1.165, 1.54) is 11.4 Å². The van der Waals surface area contributed by atoms with Gasteiger partial charge in [-0.1, -0.05) is 18.2 Å². The lowest BCUT2D eigenvalue weighted by Crippen LogP contribution is -2.21. The molecule has 0 radical (unpaired) electrons. The topological polar surface area (TPSA) is 39.4 Å². The lowest BCUT2D eigenvalue weighted by atomic mass is 9.88. The predicted molar refractivity (Wildman–Crippen MR) is 144 cm³/mol. The molecule has 0 fully saturated rings. The third-order valence-electron chi connectivity index (χ3n) is 6.59. The first kappa shape index (κ1) is 23.5. The first-order valence-corrected chi connectivity index (χ1v) is 12.3. The Morgan fingerprint density at radius 1 is 0.853 bits per heavy atom. The van der Waals surface area contributed by atoms with Gasteiger partial charge >= 0.3 is 0 Å². The van der Waals surface area contributed by atoms with Crippen molar-refractivity contribution < 1.29 is 9.68 Å². The molecule has 174 valence electrons. The van der Waals surface area contributed by atoms with Crippen LogP contribution < -0.4 is 4.90 Å². The summed E-state index contributed by atoms with van der Waals surface area (Å²) >= 11 is 0. The average Bonchev–Trinajstić information content (AvgIpc) is 2.89. The van der Waals surface area contributed by atoms with Gasteiger partial charge in [-0.3, -0.25) is 4.98 Å². The smallest absolute Gasteiger partial charge is 0.199 e. The number of aromatic hydroxyl groups is 1. The largest absolute Gasteiger partial charge is 0.506 e. The molecule has 0 saturated heterocycles. The number of allylic oxidation sites excluding steroid dienone is 5. The van der Waals surface area contributed by atoms with Gasteiger partial charge in [-0.05, 0) is 92.5 Å². The van der Waals surface area contributed by atoms with Crippen LogP contribution in [0.3, 0.4) is 0 Å². The van der Waals surface area contributed by atoms with Gasteiger partial charge in [0, 0.05) is 42.5 Å². The van der Waals surface area contributed by atoms with Crippen LogP contribution >= 0.6 is 0 Å². The molecule has 0 aliphatic heterocycles. The lowest BCUT2D eigenvalue weighted by molar-refractivity contribution is -0.519. The van der Waals surface area contributed by atoms with Crippen molar-refractivity contribution in [1.82, 2.24) is 4.98 Å². The summed E-state index contributed by atoms with van der Waals surface area (Å²) in [6, 6.07) is 16.5. The Labute approximate surface area is 202 Å². The van der Waals surface area contributed by atoms with Crippen LogP contribution in [0.2, 0.25) is 0 Å². The molecule has 1 N–H and O–H groups in total. The first-order valence-electron chi connectivity index (χ1n) is 12.3. The molecule has 4 heteroatoms. The summed E-state index contributed by atoms with van der Waals surface area (Å²) in [4.78, 5) is 6.80. The molecule has 4 nitrogen and oxygen atoms in total. The minimum atomic E-state index is 0.201. The number of fused-ring (bicyclic) bond motifs is 1. The van der Waals surface area contributed by atoms with Crippen molar-refractivity contribution in [3.63, 3.8) is 0 Å². The zero-order chi connectivity index (χ0) is 24.1. The van der Waals surface area contributed by atoms with Crippen molar-refractivity contribution in [1.29, 1.82) is 0 Å². The molecule has 2 aromatic carbocycles. The highest BCUT2D eigenvalue weighted by Gasteiger charge is 2.17. The fraction of sp³-hybridized carbons (Fsp3) is 0.267. The third kappa shape index (κ3) is 4.54. The maximum atomic E-state index is 10.4. The maximum absolute atomic E-state index is 10.4. The number of aromatic nitrogens is 1. The Bertz CT molecular complexity index is 1270. The van der Waals surface area contributed by atoms with Crippen molar-refractivity contribution in [3.05, 3.63) is 95.7 Å².